The van der Waals surface area contributed by atoms with Crippen LogP contribution in [0, 0.1) is 5.82 Å². The maximum Gasteiger partial charge on any atom is 0.157 e. The summed E-state index contributed by atoms with van der Waals surface area (Å²) in [5.74, 6) is -0.238. The summed E-state index contributed by atoms with van der Waals surface area (Å²) >= 11 is 4.11. The molecule has 3 aromatic rings. The van der Waals surface area contributed by atoms with Crippen LogP contribution in [0.3, 0.4) is 0 Å². The number of nitrogens with zero attached hydrogens (tertiary/aromatic N) is 1. The van der Waals surface area contributed by atoms with Gasteiger partial charge in [0, 0.05) is 22.9 Å². The van der Waals surface area contributed by atoms with E-state index in [1.807, 2.05) is 12.1 Å². The lowest BCUT2D eigenvalue weighted by molar-refractivity contribution is 0.415. The van der Waals surface area contributed by atoms with E-state index in [-0.39, 0.29) is 11.3 Å². The number of hydrogen-bond donors (Lipinski definition) is 1. The van der Waals surface area contributed by atoms with Crippen molar-refractivity contribution in [3.8, 4) is 28.1 Å². The van der Waals surface area contributed by atoms with Crippen molar-refractivity contribution in [3.63, 3.8) is 0 Å². The van der Waals surface area contributed by atoms with Crippen LogP contribution in [-0.4, -0.2) is 20.9 Å². The zero-order valence-corrected chi connectivity index (χ0v) is 15.4. The highest BCUT2D eigenvalue weighted by molar-refractivity contribution is 7.78. The number of rotatable bonds is 5. The summed E-state index contributed by atoms with van der Waals surface area (Å²) < 4.78 is 39.3. The summed E-state index contributed by atoms with van der Waals surface area (Å²) in [6.07, 6.45) is 1.62. The molecule has 0 aliphatic carbocycles. The molecule has 1 atom stereocenters. The predicted octanol–water partition coefficient (Wildman–Crippen LogP) is 4.94. The standard InChI is InChI=1S/C19H15ClFNO3S/c1-25-18-7-6-12(9-16(18)20)15-3-2-8-22-19(15)13-4-5-14(11-26(23)24)17(21)10-13/h2-10H,11H2,1H3,(H,23,24). The first kappa shape index (κ1) is 18.5. The zero-order valence-electron chi connectivity index (χ0n) is 13.8. The third-order valence-electron chi connectivity index (χ3n) is 3.88. The van der Waals surface area contributed by atoms with Gasteiger partial charge in [-0.05, 0) is 29.8 Å². The van der Waals surface area contributed by atoms with Crippen molar-refractivity contribution >= 4 is 22.7 Å². The summed E-state index contributed by atoms with van der Waals surface area (Å²) in [7, 11) is 1.54. The first-order valence-corrected chi connectivity index (χ1v) is 9.30. The number of aromatic nitrogens is 1. The third-order valence-corrected chi connectivity index (χ3v) is 4.73. The topological polar surface area (TPSA) is 59.4 Å². The molecular formula is C19H15ClFNO3S. The largest absolute Gasteiger partial charge is 0.495 e. The monoisotopic (exact) mass is 391 g/mol. The fourth-order valence-electron chi connectivity index (χ4n) is 2.65. The maximum absolute atomic E-state index is 14.3. The molecule has 1 heterocycles. The van der Waals surface area contributed by atoms with Crippen molar-refractivity contribution in [2.45, 2.75) is 5.75 Å². The highest BCUT2D eigenvalue weighted by Crippen LogP contribution is 2.35. The minimum Gasteiger partial charge on any atom is -0.495 e. The molecule has 0 aliphatic heterocycles. The van der Waals surface area contributed by atoms with Crippen molar-refractivity contribution in [1.29, 1.82) is 0 Å². The number of pyridine rings is 1. The Morgan fingerprint density at radius 2 is 1.96 bits per heavy atom. The second kappa shape index (κ2) is 7.95. The summed E-state index contributed by atoms with van der Waals surface area (Å²) in [5.41, 5.74) is 2.94. The van der Waals surface area contributed by atoms with Crippen molar-refractivity contribution in [2.24, 2.45) is 0 Å². The quantitative estimate of drug-likeness (QED) is 0.626. The van der Waals surface area contributed by atoms with E-state index in [9.17, 15) is 8.60 Å². The Kier molecular flexibility index (Phi) is 5.66. The lowest BCUT2D eigenvalue weighted by atomic mass is 9.98. The molecular weight excluding hydrogens is 377 g/mol. The Labute approximate surface area is 157 Å². The van der Waals surface area contributed by atoms with Gasteiger partial charge in [-0.25, -0.2) is 8.60 Å². The van der Waals surface area contributed by atoms with Crippen LogP contribution < -0.4 is 4.74 Å². The number of halogens is 2. The molecule has 1 aromatic heterocycles. The second-order valence-corrected chi connectivity index (χ2v) is 6.86. The first-order chi connectivity index (χ1) is 12.5. The van der Waals surface area contributed by atoms with Crippen LogP contribution in [-0.2, 0) is 16.8 Å². The molecule has 2 aromatic carbocycles. The van der Waals surface area contributed by atoms with Crippen LogP contribution in [0.5, 0.6) is 5.75 Å². The maximum atomic E-state index is 14.3. The van der Waals surface area contributed by atoms with Gasteiger partial charge in [-0.1, -0.05) is 35.9 Å². The Morgan fingerprint density at radius 1 is 1.19 bits per heavy atom. The Hall–Kier alpha value is -2.28. The van der Waals surface area contributed by atoms with Crippen molar-refractivity contribution in [1.82, 2.24) is 4.98 Å². The number of benzene rings is 2. The molecule has 0 bridgehead atoms. The van der Waals surface area contributed by atoms with Gasteiger partial charge in [0.25, 0.3) is 0 Å². The SMILES string of the molecule is COc1ccc(-c2cccnc2-c2ccc(CS(=O)O)c(F)c2)cc1Cl. The van der Waals surface area contributed by atoms with E-state index in [0.29, 0.717) is 22.0 Å². The number of methoxy groups -OCH3 is 1. The molecule has 1 N–H and O–H groups in total. The molecule has 4 nitrogen and oxygen atoms in total. The highest BCUT2D eigenvalue weighted by Gasteiger charge is 2.13. The predicted molar refractivity (Wildman–Crippen MR) is 101 cm³/mol. The van der Waals surface area contributed by atoms with Gasteiger partial charge >= 0.3 is 0 Å². The van der Waals surface area contributed by atoms with Crippen molar-refractivity contribution in [3.05, 3.63) is 71.1 Å². The lowest BCUT2D eigenvalue weighted by Gasteiger charge is -2.11. The molecule has 3 rings (SSSR count). The van der Waals surface area contributed by atoms with Gasteiger partial charge in [-0.3, -0.25) is 4.98 Å². The zero-order chi connectivity index (χ0) is 18.7. The molecule has 0 amide bonds. The van der Waals surface area contributed by atoms with E-state index in [1.165, 1.54) is 12.1 Å². The van der Waals surface area contributed by atoms with E-state index in [2.05, 4.69) is 4.98 Å². The Bertz CT molecular complexity index is 981. The van der Waals surface area contributed by atoms with E-state index >= 15 is 0 Å². The van der Waals surface area contributed by atoms with Crippen LogP contribution in [0.25, 0.3) is 22.4 Å². The first-order valence-electron chi connectivity index (χ1n) is 7.65. The van der Waals surface area contributed by atoms with Gasteiger partial charge in [0.2, 0.25) is 0 Å². The fraction of sp³-hybridized carbons (Fsp3) is 0.105. The fourth-order valence-corrected chi connectivity index (χ4v) is 3.40. The van der Waals surface area contributed by atoms with Gasteiger partial charge in [0.1, 0.15) is 11.6 Å². The summed E-state index contributed by atoms with van der Waals surface area (Å²) in [6, 6.07) is 13.5. The second-order valence-electron chi connectivity index (χ2n) is 5.52. The van der Waals surface area contributed by atoms with E-state index in [0.717, 1.165) is 11.1 Å². The molecule has 0 spiro atoms. The molecule has 0 fully saturated rings. The number of hydrogen-bond acceptors (Lipinski definition) is 3. The highest BCUT2D eigenvalue weighted by atomic mass is 35.5. The smallest absolute Gasteiger partial charge is 0.157 e. The lowest BCUT2D eigenvalue weighted by Crippen LogP contribution is -1.98. The summed E-state index contributed by atoms with van der Waals surface area (Å²) in [5, 5.41) is 0.465. The minimum absolute atomic E-state index is 0.180. The Morgan fingerprint density at radius 3 is 2.62 bits per heavy atom. The van der Waals surface area contributed by atoms with E-state index in [1.54, 1.807) is 37.6 Å². The number of ether oxygens (including phenoxy) is 1. The van der Waals surface area contributed by atoms with Crippen molar-refractivity contribution in [2.75, 3.05) is 7.11 Å². The molecule has 1 unspecified atom stereocenters. The molecule has 0 radical (unpaired) electrons. The van der Waals surface area contributed by atoms with Gasteiger partial charge in [0.15, 0.2) is 11.1 Å². The molecule has 0 saturated heterocycles. The molecule has 0 saturated carbocycles. The van der Waals surface area contributed by atoms with Gasteiger partial charge in [0.05, 0.1) is 23.6 Å². The van der Waals surface area contributed by atoms with Crippen LogP contribution in [0.4, 0.5) is 4.39 Å². The molecule has 26 heavy (non-hydrogen) atoms. The van der Waals surface area contributed by atoms with Crippen LogP contribution in [0.15, 0.2) is 54.7 Å². The normalized spacial score (nSPS) is 12.0. The Balaban J connectivity index is 2.06. The van der Waals surface area contributed by atoms with Crippen LogP contribution >= 0.6 is 11.6 Å². The van der Waals surface area contributed by atoms with Gasteiger partial charge in [-0.15, -0.1) is 0 Å². The summed E-state index contributed by atoms with van der Waals surface area (Å²) in [4.78, 5) is 4.38. The average Bonchev–Trinajstić information content (AvgIpc) is 2.63. The van der Waals surface area contributed by atoms with E-state index in [4.69, 9.17) is 20.9 Å². The summed E-state index contributed by atoms with van der Waals surface area (Å²) in [6.45, 7) is 0. The minimum atomic E-state index is -2.10. The molecule has 0 aliphatic rings. The third kappa shape index (κ3) is 3.93. The molecule has 134 valence electrons. The van der Waals surface area contributed by atoms with Crippen molar-refractivity contribution < 1.29 is 17.9 Å². The van der Waals surface area contributed by atoms with Gasteiger partial charge in [-0.2, -0.15) is 0 Å². The van der Waals surface area contributed by atoms with Crippen LogP contribution in [0.2, 0.25) is 5.02 Å². The molecule has 7 heteroatoms. The van der Waals surface area contributed by atoms with Gasteiger partial charge < -0.3 is 9.29 Å². The van der Waals surface area contributed by atoms with Crippen LogP contribution in [0.1, 0.15) is 5.56 Å². The van der Waals surface area contributed by atoms with E-state index < -0.39 is 16.9 Å². The average molecular weight is 392 g/mol.